The molecule has 0 bridgehead atoms. The molecule has 20 heavy (non-hydrogen) atoms. The molecule has 2 unspecified atom stereocenters. The lowest BCUT2D eigenvalue weighted by Gasteiger charge is -2.32. The highest BCUT2D eigenvalue weighted by Crippen LogP contribution is 2.31. The fraction of sp³-hybridized carbons (Fsp3) is 0.500. The lowest BCUT2D eigenvalue weighted by molar-refractivity contribution is 0.415. The number of thiocarbonyl (C=S) groups is 1. The summed E-state index contributed by atoms with van der Waals surface area (Å²) in [6, 6.07) is 11.0. The maximum atomic E-state index is 5.60. The van der Waals surface area contributed by atoms with Gasteiger partial charge in [-0.05, 0) is 24.8 Å². The minimum Gasteiger partial charge on any atom is -0.372 e. The predicted molar refractivity (Wildman–Crippen MR) is 90.9 cm³/mol. The van der Waals surface area contributed by atoms with E-state index in [1.807, 2.05) is 0 Å². The zero-order chi connectivity index (χ0) is 14.6. The molecule has 1 N–H and O–H groups in total. The molecule has 0 heterocycles. The Morgan fingerprint density at radius 2 is 1.95 bits per heavy atom. The summed E-state index contributed by atoms with van der Waals surface area (Å²) < 4.78 is 0. The fourth-order valence-electron chi connectivity index (χ4n) is 2.57. The van der Waals surface area contributed by atoms with Crippen molar-refractivity contribution in [1.29, 1.82) is 0 Å². The van der Waals surface area contributed by atoms with E-state index in [-0.39, 0.29) is 5.41 Å². The summed E-state index contributed by atoms with van der Waals surface area (Å²) in [5.41, 5.74) is 1.34. The Balaban J connectivity index is 2.23. The Hall–Kier alpha value is -1.15. The van der Waals surface area contributed by atoms with Crippen LogP contribution in [0.4, 0.5) is 0 Å². The van der Waals surface area contributed by atoms with Crippen LogP contribution in [0.15, 0.2) is 42.5 Å². The van der Waals surface area contributed by atoms with Gasteiger partial charge in [0.25, 0.3) is 0 Å². The molecule has 1 aromatic rings. The zero-order valence-corrected chi connectivity index (χ0v) is 13.5. The van der Waals surface area contributed by atoms with Gasteiger partial charge in [-0.15, -0.1) is 0 Å². The fourth-order valence-corrected chi connectivity index (χ4v) is 2.70. The third kappa shape index (κ3) is 3.92. The van der Waals surface area contributed by atoms with Crippen LogP contribution in [0.1, 0.15) is 51.6 Å². The maximum absolute atomic E-state index is 5.60. The number of hydrogen-bond acceptors (Lipinski definition) is 1. The maximum Gasteiger partial charge on any atom is 0.0812 e. The molecule has 0 aromatic heterocycles. The first-order valence-electron chi connectivity index (χ1n) is 7.51. The SMILES string of the molecule is CC(C)(C)C(=S)NC(c1ccccc1)C1C=CCCC1. The highest BCUT2D eigenvalue weighted by molar-refractivity contribution is 7.80. The molecule has 0 radical (unpaired) electrons. The second-order valence-electron chi connectivity index (χ2n) is 6.63. The van der Waals surface area contributed by atoms with Gasteiger partial charge in [-0.2, -0.15) is 0 Å². The molecule has 0 amide bonds. The normalized spacial score (nSPS) is 20.4. The Bertz CT molecular complexity index is 470. The van der Waals surface area contributed by atoms with E-state index in [0.29, 0.717) is 12.0 Å². The summed E-state index contributed by atoms with van der Waals surface area (Å²) in [5, 5.41) is 3.62. The van der Waals surface area contributed by atoms with Gasteiger partial charge < -0.3 is 5.32 Å². The first kappa shape index (κ1) is 15.2. The smallest absolute Gasteiger partial charge is 0.0812 e. The third-order valence-corrected chi connectivity index (χ3v) is 4.58. The average molecular weight is 287 g/mol. The van der Waals surface area contributed by atoms with Gasteiger partial charge in [0, 0.05) is 11.3 Å². The van der Waals surface area contributed by atoms with Gasteiger partial charge in [0.15, 0.2) is 0 Å². The number of nitrogens with one attached hydrogen (secondary N) is 1. The molecule has 0 spiro atoms. The summed E-state index contributed by atoms with van der Waals surface area (Å²) in [4.78, 5) is 0.949. The highest BCUT2D eigenvalue weighted by atomic mass is 32.1. The molecule has 2 rings (SSSR count). The standard InChI is InChI=1S/C18H25NS/c1-18(2,3)17(20)19-16(14-10-6-4-7-11-14)15-12-8-5-9-13-15/h4,6-8,10-12,15-16H,5,9,13H2,1-3H3,(H,19,20). The second-order valence-corrected chi connectivity index (χ2v) is 7.04. The highest BCUT2D eigenvalue weighted by Gasteiger charge is 2.26. The quantitative estimate of drug-likeness (QED) is 0.617. The minimum atomic E-state index is 0.0146. The largest absolute Gasteiger partial charge is 0.372 e. The lowest BCUT2D eigenvalue weighted by atomic mass is 9.84. The molecule has 1 nitrogen and oxygen atoms in total. The van der Waals surface area contributed by atoms with E-state index < -0.39 is 0 Å². The molecule has 0 saturated carbocycles. The third-order valence-electron chi connectivity index (χ3n) is 3.85. The van der Waals surface area contributed by atoms with E-state index in [1.54, 1.807) is 0 Å². The van der Waals surface area contributed by atoms with Crippen LogP contribution in [-0.2, 0) is 0 Å². The number of rotatable bonds is 3. The van der Waals surface area contributed by atoms with Crippen molar-refractivity contribution in [1.82, 2.24) is 5.32 Å². The molecule has 2 heteroatoms. The van der Waals surface area contributed by atoms with Gasteiger partial charge in [-0.25, -0.2) is 0 Å². The first-order valence-corrected chi connectivity index (χ1v) is 7.92. The van der Waals surface area contributed by atoms with Crippen molar-refractivity contribution in [3.05, 3.63) is 48.0 Å². The van der Waals surface area contributed by atoms with E-state index in [1.165, 1.54) is 24.8 Å². The molecule has 2 atom stereocenters. The van der Waals surface area contributed by atoms with Crippen molar-refractivity contribution in [3.63, 3.8) is 0 Å². The molecule has 1 aliphatic carbocycles. The summed E-state index contributed by atoms with van der Waals surface area (Å²) >= 11 is 5.60. The number of benzene rings is 1. The van der Waals surface area contributed by atoms with E-state index >= 15 is 0 Å². The number of allylic oxidation sites excluding steroid dienone is 1. The van der Waals surface area contributed by atoms with Crippen LogP contribution in [0.2, 0.25) is 0 Å². The lowest BCUT2D eigenvalue weighted by Crippen LogP contribution is -2.39. The van der Waals surface area contributed by atoms with Gasteiger partial charge in [-0.1, -0.05) is 75.5 Å². The van der Waals surface area contributed by atoms with Crippen molar-refractivity contribution >= 4 is 17.2 Å². The molecule has 1 aromatic carbocycles. The first-order chi connectivity index (χ1) is 9.48. The van der Waals surface area contributed by atoms with Gasteiger partial charge >= 0.3 is 0 Å². The van der Waals surface area contributed by atoms with Gasteiger partial charge in [0.05, 0.1) is 11.0 Å². The van der Waals surface area contributed by atoms with Crippen molar-refractivity contribution in [2.75, 3.05) is 0 Å². The molecule has 0 fully saturated rings. The van der Waals surface area contributed by atoms with Crippen LogP contribution in [0.5, 0.6) is 0 Å². The Labute approximate surface area is 128 Å². The van der Waals surface area contributed by atoms with Crippen molar-refractivity contribution in [2.24, 2.45) is 11.3 Å². The second kappa shape index (κ2) is 6.53. The van der Waals surface area contributed by atoms with E-state index in [2.05, 4.69) is 68.6 Å². The van der Waals surface area contributed by atoms with Crippen LogP contribution in [0, 0.1) is 11.3 Å². The van der Waals surface area contributed by atoms with Crippen molar-refractivity contribution < 1.29 is 0 Å². The predicted octanol–water partition coefficient (Wildman–Crippen LogP) is 5.05. The Morgan fingerprint density at radius 1 is 1.25 bits per heavy atom. The van der Waals surface area contributed by atoms with Gasteiger partial charge in [-0.3, -0.25) is 0 Å². The van der Waals surface area contributed by atoms with Crippen LogP contribution in [0.25, 0.3) is 0 Å². The van der Waals surface area contributed by atoms with E-state index in [0.717, 1.165) is 4.99 Å². The molecule has 0 aliphatic heterocycles. The molecule has 0 saturated heterocycles. The molecular weight excluding hydrogens is 262 g/mol. The molecule has 1 aliphatic rings. The van der Waals surface area contributed by atoms with E-state index in [4.69, 9.17) is 12.2 Å². The molecule has 108 valence electrons. The average Bonchev–Trinajstić information content (AvgIpc) is 2.45. The van der Waals surface area contributed by atoms with Crippen LogP contribution in [0.3, 0.4) is 0 Å². The van der Waals surface area contributed by atoms with Gasteiger partial charge in [0.1, 0.15) is 0 Å². The summed E-state index contributed by atoms with van der Waals surface area (Å²) in [6.07, 6.45) is 8.39. The summed E-state index contributed by atoms with van der Waals surface area (Å²) in [7, 11) is 0. The van der Waals surface area contributed by atoms with Gasteiger partial charge in [0.2, 0.25) is 0 Å². The minimum absolute atomic E-state index is 0.0146. The van der Waals surface area contributed by atoms with E-state index in [9.17, 15) is 0 Å². The number of hydrogen-bond donors (Lipinski definition) is 1. The summed E-state index contributed by atoms with van der Waals surface area (Å²) in [5.74, 6) is 0.534. The monoisotopic (exact) mass is 287 g/mol. The van der Waals surface area contributed by atoms with Crippen LogP contribution < -0.4 is 5.32 Å². The Morgan fingerprint density at radius 3 is 2.50 bits per heavy atom. The Kier molecular flexibility index (Phi) is 4.98. The topological polar surface area (TPSA) is 12.0 Å². The molecular formula is C18H25NS. The summed E-state index contributed by atoms with van der Waals surface area (Å²) in [6.45, 7) is 6.50. The van der Waals surface area contributed by atoms with Crippen LogP contribution >= 0.6 is 12.2 Å². The van der Waals surface area contributed by atoms with Crippen molar-refractivity contribution in [2.45, 2.75) is 46.1 Å². The van der Waals surface area contributed by atoms with Crippen LogP contribution in [-0.4, -0.2) is 4.99 Å². The zero-order valence-electron chi connectivity index (χ0n) is 12.7. The van der Waals surface area contributed by atoms with Crippen molar-refractivity contribution in [3.8, 4) is 0 Å².